The van der Waals surface area contributed by atoms with Gasteiger partial charge in [-0.1, -0.05) is 46.3 Å². The number of carbonyl (C=O) groups is 2. The van der Waals surface area contributed by atoms with Gasteiger partial charge >= 0.3 is 11.7 Å². The van der Waals surface area contributed by atoms with Crippen LogP contribution in [-0.4, -0.2) is 59.5 Å². The number of hydrogen-bond donors (Lipinski definition) is 4. The van der Waals surface area contributed by atoms with E-state index in [1.165, 1.54) is 19.2 Å². The summed E-state index contributed by atoms with van der Waals surface area (Å²) >= 11 is 3.51. The molecule has 0 bridgehead atoms. The number of nitrogens with one attached hydrogen (secondary N) is 1. The minimum atomic E-state index is -1.51. The highest BCUT2D eigenvalue weighted by molar-refractivity contribution is 9.10. The highest BCUT2D eigenvalue weighted by Gasteiger charge is 2.53. The van der Waals surface area contributed by atoms with Crippen molar-refractivity contribution >= 4 is 44.6 Å². The first-order valence-electron chi connectivity index (χ1n) is 13.8. The molecule has 1 aromatic heterocycles. The monoisotopic (exact) mass is 682 g/mol. The smallest absolute Gasteiger partial charge is 0.404 e. The molecule has 1 aliphatic rings. The molecule has 12 nitrogen and oxygen atoms in total. The second-order valence-electron chi connectivity index (χ2n) is 10.9. The van der Waals surface area contributed by atoms with E-state index < -0.39 is 59.3 Å². The van der Waals surface area contributed by atoms with Crippen LogP contribution in [0.15, 0.2) is 74.3 Å². The number of fused-ring (bicyclic) bond motifs is 1. The van der Waals surface area contributed by atoms with Crippen LogP contribution in [0.3, 0.4) is 0 Å². The van der Waals surface area contributed by atoms with Gasteiger partial charge in [-0.05, 0) is 62.2 Å². The molecule has 236 valence electrons. The van der Waals surface area contributed by atoms with Crippen molar-refractivity contribution in [3.8, 4) is 22.6 Å². The van der Waals surface area contributed by atoms with E-state index in [1.54, 1.807) is 39.0 Å². The Morgan fingerprint density at radius 1 is 1.09 bits per heavy atom. The minimum Gasteiger partial charge on any atom is -0.505 e. The van der Waals surface area contributed by atoms with Gasteiger partial charge in [0.15, 0.2) is 23.6 Å². The number of methoxy groups -OCH3 is 1. The molecule has 0 radical (unpaired) electrons. The molecule has 13 heteroatoms. The number of aliphatic hydroxyl groups excluding tert-OH is 1. The van der Waals surface area contributed by atoms with Gasteiger partial charge in [-0.3, -0.25) is 4.79 Å². The zero-order valence-electron chi connectivity index (χ0n) is 24.7. The summed E-state index contributed by atoms with van der Waals surface area (Å²) in [5, 5.41) is 24.6. The third kappa shape index (κ3) is 6.25. The maximum absolute atomic E-state index is 13.2. The molecule has 1 saturated heterocycles. The Bertz CT molecular complexity index is 1840. The first kappa shape index (κ1) is 32.0. The number of hydrogen-bond acceptors (Lipinski definition) is 10. The molecule has 0 saturated carbocycles. The van der Waals surface area contributed by atoms with Crippen LogP contribution >= 0.6 is 15.9 Å². The number of nitrogens with two attached hydrogens (primary N) is 1. The first-order valence-corrected chi connectivity index (χ1v) is 14.6. The number of aryl methyl sites for hydroxylation is 1. The lowest BCUT2D eigenvalue weighted by Gasteiger charge is -2.47. The van der Waals surface area contributed by atoms with E-state index in [-0.39, 0.29) is 27.8 Å². The van der Waals surface area contributed by atoms with Crippen LogP contribution < -0.4 is 21.4 Å². The van der Waals surface area contributed by atoms with Crippen molar-refractivity contribution in [1.29, 1.82) is 0 Å². The van der Waals surface area contributed by atoms with Crippen LogP contribution in [0.1, 0.15) is 29.8 Å². The van der Waals surface area contributed by atoms with Gasteiger partial charge in [-0.15, -0.1) is 0 Å². The van der Waals surface area contributed by atoms with Crippen molar-refractivity contribution in [2.75, 3.05) is 12.4 Å². The van der Waals surface area contributed by atoms with E-state index in [0.717, 1.165) is 15.6 Å². The fourth-order valence-corrected chi connectivity index (χ4v) is 5.90. The van der Waals surface area contributed by atoms with Crippen molar-refractivity contribution in [2.45, 2.75) is 51.0 Å². The molecule has 4 unspecified atom stereocenters. The highest BCUT2D eigenvalue weighted by atomic mass is 79.9. The zero-order valence-corrected chi connectivity index (χ0v) is 26.3. The molecular weight excluding hydrogens is 652 g/mol. The minimum absolute atomic E-state index is 0.0202. The van der Waals surface area contributed by atoms with E-state index in [0.29, 0.717) is 0 Å². The topological polar surface area (TPSA) is 180 Å². The molecule has 5 rings (SSSR count). The lowest BCUT2D eigenvalue weighted by molar-refractivity contribution is -0.304. The predicted molar refractivity (Wildman–Crippen MR) is 167 cm³/mol. The summed E-state index contributed by atoms with van der Waals surface area (Å²) in [4.78, 5) is 37.7. The van der Waals surface area contributed by atoms with Gasteiger partial charge in [0, 0.05) is 22.7 Å². The summed E-state index contributed by atoms with van der Waals surface area (Å²) in [6, 6.07) is 17.2. The van der Waals surface area contributed by atoms with Gasteiger partial charge in [0.25, 0.3) is 5.91 Å². The number of halogens is 1. The van der Waals surface area contributed by atoms with E-state index in [9.17, 15) is 24.6 Å². The molecular formula is C32H31BrN2O10. The third-order valence-electron chi connectivity index (χ3n) is 7.56. The maximum Gasteiger partial charge on any atom is 0.404 e. The Morgan fingerprint density at radius 3 is 2.51 bits per heavy atom. The van der Waals surface area contributed by atoms with Crippen LogP contribution in [0, 0.1) is 6.92 Å². The van der Waals surface area contributed by atoms with Gasteiger partial charge in [0.05, 0.1) is 11.0 Å². The largest absolute Gasteiger partial charge is 0.505 e. The summed E-state index contributed by atoms with van der Waals surface area (Å²) in [6.07, 6.45) is -6.06. The molecule has 0 spiro atoms. The van der Waals surface area contributed by atoms with Crippen LogP contribution in [0.5, 0.6) is 11.5 Å². The van der Waals surface area contributed by atoms with Crippen molar-refractivity contribution < 1.29 is 43.2 Å². The lowest BCUT2D eigenvalue weighted by Crippen LogP contribution is -2.65. The number of aliphatic hydroxyl groups is 1. The number of rotatable bonds is 7. The average molecular weight is 684 g/mol. The van der Waals surface area contributed by atoms with Crippen molar-refractivity contribution in [3.63, 3.8) is 0 Å². The Balaban J connectivity index is 1.42. The van der Waals surface area contributed by atoms with Crippen LogP contribution in [0.2, 0.25) is 0 Å². The van der Waals surface area contributed by atoms with Crippen molar-refractivity contribution in [3.05, 3.63) is 86.7 Å². The van der Waals surface area contributed by atoms with E-state index in [1.807, 2.05) is 30.3 Å². The van der Waals surface area contributed by atoms with Crippen LogP contribution in [0.25, 0.3) is 22.1 Å². The van der Waals surface area contributed by atoms with E-state index in [2.05, 4.69) is 21.2 Å². The molecule has 2 amide bonds. The second kappa shape index (κ2) is 12.5. The number of carbonyl (C=O) groups excluding carboxylic acids is 2. The first-order chi connectivity index (χ1) is 21.3. The van der Waals surface area contributed by atoms with Crippen LogP contribution in [-0.2, 0) is 14.2 Å². The standard InChI is InChI=1S/C32H31BrN2O10/c1-15-21(42-30-24(37)26(44-31(34)40)27(41-4)32(2,3)45-30)13-12-19-23(36)22(29(39)43-25(15)19)35-28(38)17-9-7-8-16(14-17)18-10-5-6-11-20(18)33/h5-14,24,26-27,30,36-37H,1-4H3,(H2,34,40)(H,35,38). The fraction of sp³-hybridized carbons (Fsp3) is 0.281. The maximum atomic E-state index is 13.2. The summed E-state index contributed by atoms with van der Waals surface area (Å²) in [7, 11) is 1.38. The Morgan fingerprint density at radius 2 is 1.82 bits per heavy atom. The summed E-state index contributed by atoms with van der Waals surface area (Å²) in [5.74, 6) is -0.992. The summed E-state index contributed by atoms with van der Waals surface area (Å²) in [5.41, 5.74) is 4.86. The van der Waals surface area contributed by atoms with Gasteiger partial charge in [0.1, 0.15) is 17.4 Å². The van der Waals surface area contributed by atoms with Gasteiger partial charge in [-0.2, -0.15) is 0 Å². The Hall–Kier alpha value is -4.43. The predicted octanol–water partition coefficient (Wildman–Crippen LogP) is 4.84. The zero-order chi connectivity index (χ0) is 32.6. The molecule has 5 N–H and O–H groups in total. The second-order valence-corrected chi connectivity index (χ2v) is 11.8. The van der Waals surface area contributed by atoms with E-state index >= 15 is 0 Å². The highest BCUT2D eigenvalue weighted by Crippen LogP contribution is 2.38. The number of primary amides is 1. The number of ether oxygens (including phenoxy) is 4. The van der Waals surface area contributed by atoms with Gasteiger partial charge in [0.2, 0.25) is 6.29 Å². The number of benzene rings is 3. The summed E-state index contributed by atoms with van der Waals surface area (Å²) in [6.45, 7) is 4.90. The molecule has 4 atom stereocenters. The molecule has 1 fully saturated rings. The van der Waals surface area contributed by atoms with Gasteiger partial charge < -0.3 is 44.6 Å². The molecule has 4 aromatic rings. The average Bonchev–Trinajstić information content (AvgIpc) is 2.99. The van der Waals surface area contributed by atoms with Crippen molar-refractivity contribution in [1.82, 2.24) is 0 Å². The normalized spacial score (nSPS) is 20.8. The third-order valence-corrected chi connectivity index (χ3v) is 8.25. The Kier molecular flexibility index (Phi) is 8.90. The van der Waals surface area contributed by atoms with E-state index in [4.69, 9.17) is 29.1 Å². The molecule has 3 aromatic carbocycles. The van der Waals surface area contributed by atoms with Gasteiger partial charge in [-0.25, -0.2) is 9.59 Å². The molecule has 1 aliphatic heterocycles. The number of aromatic hydroxyl groups is 1. The number of amides is 2. The number of anilines is 1. The Labute approximate surface area is 265 Å². The molecule has 45 heavy (non-hydrogen) atoms. The quantitative estimate of drug-likeness (QED) is 0.197. The molecule has 0 aliphatic carbocycles. The van der Waals surface area contributed by atoms with Crippen LogP contribution in [0.4, 0.5) is 10.5 Å². The fourth-order valence-electron chi connectivity index (χ4n) is 5.38. The van der Waals surface area contributed by atoms with Crippen molar-refractivity contribution in [2.24, 2.45) is 5.73 Å². The summed E-state index contributed by atoms with van der Waals surface area (Å²) < 4.78 is 28.8. The molecule has 2 heterocycles. The SMILES string of the molecule is COC1C(OC(N)=O)C(O)C(Oc2ccc3c(O)c(NC(=O)c4cccc(-c5ccccc5Br)c4)c(=O)oc3c2C)OC1(C)C. The lowest BCUT2D eigenvalue weighted by atomic mass is 9.89.